The van der Waals surface area contributed by atoms with Gasteiger partial charge in [-0.1, -0.05) is 0 Å². The van der Waals surface area contributed by atoms with Gasteiger partial charge >= 0.3 is 0 Å². The van der Waals surface area contributed by atoms with Gasteiger partial charge in [0.15, 0.2) is 5.78 Å². The molecular formula is C12H14O3. The minimum absolute atomic E-state index is 0.0703. The van der Waals surface area contributed by atoms with Crippen LogP contribution in [0.3, 0.4) is 0 Å². The molecule has 0 aliphatic heterocycles. The second-order valence-electron chi connectivity index (χ2n) is 3.30. The Hall–Kier alpha value is -1.64. The molecule has 0 saturated carbocycles. The molecular weight excluding hydrogens is 192 g/mol. The van der Waals surface area contributed by atoms with E-state index >= 15 is 0 Å². The highest BCUT2D eigenvalue weighted by atomic mass is 16.5. The summed E-state index contributed by atoms with van der Waals surface area (Å²) in [5.41, 5.74) is 1.79. The number of rotatable bonds is 4. The first kappa shape index (κ1) is 11.4. The summed E-state index contributed by atoms with van der Waals surface area (Å²) in [5.74, 6) is 0.534. The highest BCUT2D eigenvalue weighted by Crippen LogP contribution is 2.23. The molecule has 3 nitrogen and oxygen atoms in total. The molecule has 0 atom stereocenters. The van der Waals surface area contributed by atoms with Crippen LogP contribution < -0.4 is 4.74 Å². The molecule has 0 spiro atoms. The van der Waals surface area contributed by atoms with E-state index in [0.717, 1.165) is 11.8 Å². The standard InChI is InChI=1S/C12H14O3/c1-4-15-12-6-10(9(3)14)5-11(7-13)8(12)2/h5-7H,4H2,1-3H3. The van der Waals surface area contributed by atoms with Gasteiger partial charge in [-0.15, -0.1) is 0 Å². The maximum absolute atomic E-state index is 11.2. The van der Waals surface area contributed by atoms with E-state index in [-0.39, 0.29) is 5.78 Å². The third-order valence-corrected chi connectivity index (χ3v) is 2.23. The Morgan fingerprint density at radius 1 is 1.47 bits per heavy atom. The number of Topliss-reactive ketones (excluding diaryl/α,β-unsaturated/α-hetero) is 1. The van der Waals surface area contributed by atoms with Crippen LogP contribution in [-0.2, 0) is 0 Å². The number of carbonyl (C=O) groups excluding carboxylic acids is 2. The Morgan fingerprint density at radius 2 is 2.13 bits per heavy atom. The van der Waals surface area contributed by atoms with Crippen LogP contribution in [0.15, 0.2) is 12.1 Å². The molecule has 0 aromatic heterocycles. The van der Waals surface area contributed by atoms with Gasteiger partial charge in [0.1, 0.15) is 12.0 Å². The molecule has 0 bridgehead atoms. The fourth-order valence-electron chi connectivity index (χ4n) is 1.34. The minimum Gasteiger partial charge on any atom is -0.494 e. The fourth-order valence-corrected chi connectivity index (χ4v) is 1.34. The normalized spacial score (nSPS) is 9.80. The second kappa shape index (κ2) is 4.73. The number of hydrogen-bond donors (Lipinski definition) is 0. The predicted octanol–water partition coefficient (Wildman–Crippen LogP) is 2.41. The van der Waals surface area contributed by atoms with Crippen LogP contribution in [0.25, 0.3) is 0 Å². The first-order chi connectivity index (χ1) is 7.10. The predicted molar refractivity (Wildman–Crippen MR) is 57.7 cm³/mol. The highest BCUT2D eigenvalue weighted by Gasteiger charge is 2.09. The van der Waals surface area contributed by atoms with E-state index in [1.807, 2.05) is 6.92 Å². The number of ketones is 1. The lowest BCUT2D eigenvalue weighted by molar-refractivity contribution is 0.101. The Labute approximate surface area is 89.1 Å². The molecule has 0 fully saturated rings. The van der Waals surface area contributed by atoms with Crippen LogP contribution in [0, 0.1) is 6.92 Å². The van der Waals surface area contributed by atoms with Crippen LogP contribution >= 0.6 is 0 Å². The monoisotopic (exact) mass is 206 g/mol. The molecule has 15 heavy (non-hydrogen) atoms. The van der Waals surface area contributed by atoms with Gasteiger partial charge < -0.3 is 4.74 Å². The quantitative estimate of drug-likeness (QED) is 0.561. The van der Waals surface area contributed by atoms with E-state index in [9.17, 15) is 9.59 Å². The maximum Gasteiger partial charge on any atom is 0.159 e. The average molecular weight is 206 g/mol. The smallest absolute Gasteiger partial charge is 0.159 e. The number of benzene rings is 1. The second-order valence-corrected chi connectivity index (χ2v) is 3.30. The van der Waals surface area contributed by atoms with Crippen molar-refractivity contribution >= 4 is 12.1 Å². The summed E-state index contributed by atoms with van der Waals surface area (Å²) in [4.78, 5) is 22.0. The van der Waals surface area contributed by atoms with Crippen molar-refractivity contribution in [1.82, 2.24) is 0 Å². The van der Waals surface area contributed by atoms with Crippen LogP contribution in [0.2, 0.25) is 0 Å². The Balaban J connectivity index is 3.31. The lowest BCUT2D eigenvalue weighted by Crippen LogP contribution is -2.01. The molecule has 0 radical (unpaired) electrons. The Morgan fingerprint density at radius 3 is 2.60 bits per heavy atom. The minimum atomic E-state index is -0.0703. The fraction of sp³-hybridized carbons (Fsp3) is 0.333. The largest absolute Gasteiger partial charge is 0.494 e. The van der Waals surface area contributed by atoms with Crippen molar-refractivity contribution in [2.24, 2.45) is 0 Å². The zero-order valence-electron chi connectivity index (χ0n) is 9.16. The lowest BCUT2D eigenvalue weighted by atomic mass is 10.0. The molecule has 0 saturated heterocycles. The van der Waals surface area contributed by atoms with Gasteiger partial charge in [0.25, 0.3) is 0 Å². The number of carbonyl (C=O) groups is 2. The first-order valence-electron chi connectivity index (χ1n) is 4.83. The van der Waals surface area contributed by atoms with Gasteiger partial charge in [-0.3, -0.25) is 9.59 Å². The van der Waals surface area contributed by atoms with Crippen LogP contribution in [0.5, 0.6) is 5.75 Å². The molecule has 0 amide bonds. The summed E-state index contributed by atoms with van der Waals surface area (Å²) < 4.78 is 5.36. The highest BCUT2D eigenvalue weighted by molar-refractivity contribution is 5.96. The van der Waals surface area contributed by atoms with E-state index in [1.54, 1.807) is 19.1 Å². The zero-order chi connectivity index (χ0) is 11.4. The van der Waals surface area contributed by atoms with Gasteiger partial charge in [0.05, 0.1) is 6.61 Å². The lowest BCUT2D eigenvalue weighted by Gasteiger charge is -2.10. The Kier molecular flexibility index (Phi) is 3.61. The zero-order valence-corrected chi connectivity index (χ0v) is 9.16. The molecule has 80 valence electrons. The maximum atomic E-state index is 11.2. The van der Waals surface area contributed by atoms with Crippen molar-refractivity contribution in [3.63, 3.8) is 0 Å². The van der Waals surface area contributed by atoms with Gasteiger partial charge in [-0.2, -0.15) is 0 Å². The van der Waals surface area contributed by atoms with E-state index in [2.05, 4.69) is 0 Å². The molecule has 0 heterocycles. The van der Waals surface area contributed by atoms with Crippen LogP contribution in [-0.4, -0.2) is 18.7 Å². The number of hydrogen-bond acceptors (Lipinski definition) is 3. The van der Waals surface area contributed by atoms with Gasteiger partial charge in [0, 0.05) is 16.7 Å². The molecule has 0 N–H and O–H groups in total. The molecule has 1 aromatic carbocycles. The summed E-state index contributed by atoms with van der Waals surface area (Å²) in [6.07, 6.45) is 0.740. The first-order valence-corrected chi connectivity index (χ1v) is 4.83. The third kappa shape index (κ3) is 2.43. The van der Waals surface area contributed by atoms with Crippen molar-refractivity contribution in [2.75, 3.05) is 6.61 Å². The topological polar surface area (TPSA) is 43.4 Å². The molecule has 1 aromatic rings. The van der Waals surface area contributed by atoms with E-state index < -0.39 is 0 Å². The number of aldehydes is 1. The van der Waals surface area contributed by atoms with Gasteiger partial charge in [-0.05, 0) is 32.9 Å². The van der Waals surface area contributed by atoms with E-state index in [1.165, 1.54) is 6.92 Å². The van der Waals surface area contributed by atoms with Crippen molar-refractivity contribution in [3.8, 4) is 5.75 Å². The molecule has 0 unspecified atom stereocenters. The summed E-state index contributed by atoms with van der Waals surface area (Å²) >= 11 is 0. The van der Waals surface area contributed by atoms with Crippen LogP contribution in [0.4, 0.5) is 0 Å². The SMILES string of the molecule is CCOc1cc(C(C)=O)cc(C=O)c1C. The van der Waals surface area contributed by atoms with E-state index in [0.29, 0.717) is 23.5 Å². The Bertz CT molecular complexity index is 394. The summed E-state index contributed by atoms with van der Waals surface area (Å²) in [6.45, 7) is 5.65. The van der Waals surface area contributed by atoms with E-state index in [4.69, 9.17) is 4.74 Å². The van der Waals surface area contributed by atoms with Crippen molar-refractivity contribution in [1.29, 1.82) is 0 Å². The molecule has 3 heteroatoms. The van der Waals surface area contributed by atoms with Crippen LogP contribution in [0.1, 0.15) is 40.1 Å². The number of ether oxygens (including phenoxy) is 1. The van der Waals surface area contributed by atoms with Gasteiger partial charge in [-0.25, -0.2) is 0 Å². The van der Waals surface area contributed by atoms with Gasteiger partial charge in [0.2, 0.25) is 0 Å². The van der Waals surface area contributed by atoms with Crippen molar-refractivity contribution in [2.45, 2.75) is 20.8 Å². The van der Waals surface area contributed by atoms with Crippen molar-refractivity contribution < 1.29 is 14.3 Å². The summed E-state index contributed by atoms with van der Waals surface area (Å²) in [7, 11) is 0. The third-order valence-electron chi connectivity index (χ3n) is 2.23. The average Bonchev–Trinajstić information content (AvgIpc) is 2.21. The molecule has 1 rings (SSSR count). The molecule has 0 aliphatic rings. The molecule has 0 aliphatic carbocycles. The summed E-state index contributed by atoms with van der Waals surface area (Å²) in [6, 6.07) is 3.27. The summed E-state index contributed by atoms with van der Waals surface area (Å²) in [5, 5.41) is 0. The van der Waals surface area contributed by atoms with Crippen molar-refractivity contribution in [3.05, 3.63) is 28.8 Å².